The zero-order valence-corrected chi connectivity index (χ0v) is 9.01. The first-order valence-corrected chi connectivity index (χ1v) is 4.91. The molecule has 1 aromatic carbocycles. The second-order valence-corrected chi connectivity index (χ2v) is 3.51. The van der Waals surface area contributed by atoms with Crippen molar-refractivity contribution in [3.63, 3.8) is 0 Å². The number of carboxylic acid groups (broad SMARTS) is 1. The van der Waals surface area contributed by atoms with Crippen LogP contribution < -0.4 is 4.74 Å². The van der Waals surface area contributed by atoms with E-state index in [1.807, 2.05) is 0 Å². The van der Waals surface area contributed by atoms with Crippen LogP contribution in [-0.2, 0) is 9.63 Å². The van der Waals surface area contributed by atoms with E-state index in [0.717, 1.165) is 0 Å². The molecule has 0 fully saturated rings. The molecule has 2 rings (SSSR count). The summed E-state index contributed by atoms with van der Waals surface area (Å²) >= 11 is 0. The molecule has 1 heterocycles. The molecule has 5 nitrogen and oxygen atoms in total. The first kappa shape index (κ1) is 11.4. The average molecular weight is 239 g/mol. The van der Waals surface area contributed by atoms with Crippen LogP contribution in [0.3, 0.4) is 0 Å². The molecule has 1 N–H and O–H groups in total. The van der Waals surface area contributed by atoms with Crippen LogP contribution in [0.2, 0.25) is 0 Å². The highest BCUT2D eigenvalue weighted by molar-refractivity contribution is 6.05. The summed E-state index contributed by atoms with van der Waals surface area (Å²) in [7, 11) is 1.34. The molecular formula is C11H10FNO4. The topological polar surface area (TPSA) is 68.1 Å². The van der Waals surface area contributed by atoms with Gasteiger partial charge < -0.3 is 14.7 Å². The van der Waals surface area contributed by atoms with E-state index < -0.39 is 17.9 Å². The minimum Gasteiger partial charge on any atom is -0.478 e. The largest absolute Gasteiger partial charge is 0.478 e. The number of hydrogen-bond acceptors (Lipinski definition) is 4. The number of carbonyl (C=O) groups is 1. The Morgan fingerprint density at radius 1 is 1.65 bits per heavy atom. The fourth-order valence-electron chi connectivity index (χ4n) is 1.65. The molecule has 0 unspecified atom stereocenters. The molecule has 1 aliphatic rings. The first-order chi connectivity index (χ1) is 8.11. The Morgan fingerprint density at radius 2 is 2.41 bits per heavy atom. The van der Waals surface area contributed by atoms with Gasteiger partial charge in [0, 0.05) is 12.0 Å². The zero-order chi connectivity index (χ0) is 12.4. The average Bonchev–Trinajstić information content (AvgIpc) is 2.29. The van der Waals surface area contributed by atoms with Gasteiger partial charge in [-0.1, -0.05) is 5.16 Å². The van der Waals surface area contributed by atoms with Crippen LogP contribution in [0.4, 0.5) is 4.39 Å². The molecule has 1 aromatic rings. The summed E-state index contributed by atoms with van der Waals surface area (Å²) in [5, 5.41) is 12.6. The lowest BCUT2D eigenvalue weighted by molar-refractivity contribution is -0.144. The second kappa shape index (κ2) is 4.40. The molecule has 90 valence electrons. The summed E-state index contributed by atoms with van der Waals surface area (Å²) in [5.41, 5.74) is 0.782. The molecule has 0 radical (unpaired) electrons. The number of carboxylic acids is 1. The van der Waals surface area contributed by atoms with Crippen molar-refractivity contribution in [2.45, 2.75) is 12.5 Å². The molecule has 17 heavy (non-hydrogen) atoms. The number of benzene rings is 1. The van der Waals surface area contributed by atoms with E-state index in [1.165, 1.54) is 25.3 Å². The lowest BCUT2D eigenvalue weighted by Gasteiger charge is -2.23. The van der Waals surface area contributed by atoms with E-state index in [0.29, 0.717) is 17.0 Å². The smallest absolute Gasteiger partial charge is 0.345 e. The van der Waals surface area contributed by atoms with Crippen LogP contribution in [0.1, 0.15) is 12.0 Å². The van der Waals surface area contributed by atoms with Crippen molar-refractivity contribution in [3.8, 4) is 5.75 Å². The van der Waals surface area contributed by atoms with Crippen LogP contribution in [0, 0.1) is 5.82 Å². The van der Waals surface area contributed by atoms with Crippen molar-refractivity contribution in [2.24, 2.45) is 5.16 Å². The van der Waals surface area contributed by atoms with E-state index in [4.69, 9.17) is 9.84 Å². The lowest BCUT2D eigenvalue weighted by atomic mass is 10.00. The molecule has 0 bridgehead atoms. The van der Waals surface area contributed by atoms with Gasteiger partial charge in [-0.3, -0.25) is 0 Å². The van der Waals surface area contributed by atoms with E-state index >= 15 is 0 Å². The lowest BCUT2D eigenvalue weighted by Crippen LogP contribution is -2.34. The standard InChI is InChI=1S/C11H10FNO4/c1-16-13-8-5-10(11(14)15)17-9-3-2-6(12)4-7(8)9/h2-4,10H,5H2,1H3,(H,14,15)/b13-8-/t10-/m0/s1. The summed E-state index contributed by atoms with van der Waals surface area (Å²) in [6, 6.07) is 3.82. The summed E-state index contributed by atoms with van der Waals surface area (Å²) in [5.74, 6) is -1.24. The van der Waals surface area contributed by atoms with Gasteiger partial charge in [-0.05, 0) is 18.2 Å². The maximum absolute atomic E-state index is 13.1. The van der Waals surface area contributed by atoms with Crippen molar-refractivity contribution in [2.75, 3.05) is 7.11 Å². The van der Waals surface area contributed by atoms with Gasteiger partial charge in [0.05, 0.1) is 5.71 Å². The van der Waals surface area contributed by atoms with Gasteiger partial charge in [0.1, 0.15) is 18.7 Å². The normalized spacial score (nSPS) is 20.6. The third kappa shape index (κ3) is 2.20. The van der Waals surface area contributed by atoms with E-state index in [9.17, 15) is 9.18 Å². The molecule has 0 spiro atoms. The van der Waals surface area contributed by atoms with Gasteiger partial charge in [-0.15, -0.1) is 0 Å². The fourth-order valence-corrected chi connectivity index (χ4v) is 1.65. The van der Waals surface area contributed by atoms with Gasteiger partial charge in [0.2, 0.25) is 6.10 Å². The number of fused-ring (bicyclic) bond motifs is 1. The number of nitrogens with zero attached hydrogens (tertiary/aromatic N) is 1. The molecule has 0 saturated heterocycles. The number of oxime groups is 1. The highest BCUT2D eigenvalue weighted by atomic mass is 19.1. The molecule has 0 aromatic heterocycles. The predicted molar refractivity (Wildman–Crippen MR) is 56.6 cm³/mol. The Kier molecular flexibility index (Phi) is 2.95. The quantitative estimate of drug-likeness (QED) is 0.792. The molecular weight excluding hydrogens is 229 g/mol. The Bertz CT molecular complexity index is 486. The zero-order valence-electron chi connectivity index (χ0n) is 9.01. The van der Waals surface area contributed by atoms with Gasteiger partial charge in [-0.25, -0.2) is 9.18 Å². The number of halogens is 1. The third-order valence-electron chi connectivity index (χ3n) is 2.38. The van der Waals surface area contributed by atoms with Crippen LogP contribution >= 0.6 is 0 Å². The Morgan fingerprint density at radius 3 is 3.06 bits per heavy atom. The highest BCUT2D eigenvalue weighted by Gasteiger charge is 2.30. The Labute approximate surface area is 96.4 Å². The van der Waals surface area contributed by atoms with Crippen LogP contribution in [0.5, 0.6) is 5.75 Å². The number of hydrogen-bond donors (Lipinski definition) is 1. The third-order valence-corrected chi connectivity index (χ3v) is 2.38. The minimum atomic E-state index is -1.09. The fraction of sp³-hybridized carbons (Fsp3) is 0.273. The van der Waals surface area contributed by atoms with Crippen molar-refractivity contribution in [1.29, 1.82) is 0 Å². The van der Waals surface area contributed by atoms with Gasteiger partial charge in [0.15, 0.2) is 0 Å². The number of rotatable bonds is 2. The maximum atomic E-state index is 13.1. The van der Waals surface area contributed by atoms with E-state index in [-0.39, 0.29) is 6.42 Å². The summed E-state index contributed by atoms with van der Waals surface area (Å²) in [6.45, 7) is 0. The van der Waals surface area contributed by atoms with Crippen LogP contribution in [0.25, 0.3) is 0 Å². The highest BCUT2D eigenvalue weighted by Crippen LogP contribution is 2.29. The summed E-state index contributed by atoms with van der Waals surface area (Å²) in [4.78, 5) is 15.5. The monoisotopic (exact) mass is 239 g/mol. The van der Waals surface area contributed by atoms with E-state index in [2.05, 4.69) is 9.99 Å². The first-order valence-electron chi connectivity index (χ1n) is 4.91. The molecule has 0 amide bonds. The minimum absolute atomic E-state index is 0.0413. The van der Waals surface area contributed by atoms with E-state index in [1.54, 1.807) is 0 Å². The number of aliphatic carboxylic acids is 1. The van der Waals surface area contributed by atoms with Crippen molar-refractivity contribution < 1.29 is 23.9 Å². The Hall–Kier alpha value is -2.11. The van der Waals surface area contributed by atoms with Crippen LogP contribution in [-0.4, -0.2) is 30.0 Å². The van der Waals surface area contributed by atoms with Gasteiger partial charge in [0.25, 0.3) is 0 Å². The second-order valence-electron chi connectivity index (χ2n) is 3.51. The maximum Gasteiger partial charge on any atom is 0.345 e. The molecule has 6 heteroatoms. The van der Waals surface area contributed by atoms with Crippen molar-refractivity contribution in [3.05, 3.63) is 29.6 Å². The molecule has 1 aliphatic heterocycles. The predicted octanol–water partition coefficient (Wildman–Crippen LogP) is 1.41. The number of ether oxygens (including phenoxy) is 1. The Balaban J connectivity index is 2.45. The van der Waals surface area contributed by atoms with Gasteiger partial charge >= 0.3 is 5.97 Å². The molecule has 0 saturated carbocycles. The molecule has 1 atom stereocenters. The van der Waals surface area contributed by atoms with Crippen molar-refractivity contribution >= 4 is 11.7 Å². The SMILES string of the molecule is CO/N=C1/C[C@@H](C(=O)O)Oc2ccc(F)cc21. The summed E-state index contributed by atoms with van der Waals surface area (Å²) < 4.78 is 18.3. The molecule has 0 aliphatic carbocycles. The summed E-state index contributed by atoms with van der Waals surface area (Å²) in [6.07, 6.45) is -0.985. The van der Waals surface area contributed by atoms with Crippen LogP contribution in [0.15, 0.2) is 23.4 Å². The van der Waals surface area contributed by atoms with Crippen molar-refractivity contribution in [1.82, 2.24) is 0 Å². The van der Waals surface area contributed by atoms with Gasteiger partial charge in [-0.2, -0.15) is 0 Å².